The van der Waals surface area contributed by atoms with E-state index in [0.29, 0.717) is 5.92 Å². The van der Waals surface area contributed by atoms with Crippen molar-refractivity contribution in [3.63, 3.8) is 0 Å². The van der Waals surface area contributed by atoms with Gasteiger partial charge >= 0.3 is 0 Å². The number of hydrogen-bond acceptors (Lipinski definition) is 1. The SMILES string of the molecule is CC1=CCCC2C3CCCC4C3C(CC3C(c5ccccc5)C5C6CCCC7C(c8cccc9c8sc8ccccc89)CCC(C76)C5C(c5ccccc5)C34)C12. The fourth-order valence-electron chi connectivity index (χ4n) is 18.3. The number of allylic oxidation sites excluding steroid dienone is 2. The van der Waals surface area contributed by atoms with Crippen molar-refractivity contribution in [1.29, 1.82) is 0 Å². The molecule has 0 radical (unpaired) electrons. The average Bonchev–Trinajstić information content (AvgIpc) is 3.91. The molecule has 0 spiro atoms. The fourth-order valence-corrected chi connectivity index (χ4v) is 19.6. The van der Waals surface area contributed by atoms with Crippen LogP contribution in [-0.4, -0.2) is 0 Å². The molecule has 0 nitrogen and oxygen atoms in total. The highest BCUT2D eigenvalue weighted by Gasteiger charge is 2.69. The van der Waals surface area contributed by atoms with Gasteiger partial charge in [0.25, 0.3) is 0 Å². The zero-order valence-electron chi connectivity index (χ0n) is 33.4. The van der Waals surface area contributed by atoms with Crippen molar-refractivity contribution in [2.75, 3.05) is 0 Å². The summed E-state index contributed by atoms with van der Waals surface area (Å²) in [5.41, 5.74) is 6.97. The molecule has 286 valence electrons. The van der Waals surface area contributed by atoms with Crippen LogP contribution in [0.4, 0.5) is 0 Å². The van der Waals surface area contributed by atoms with E-state index >= 15 is 0 Å². The lowest BCUT2D eigenvalue weighted by Crippen LogP contribution is -2.54. The third-order valence-electron chi connectivity index (χ3n) is 19.3. The molecule has 7 fully saturated rings. The molecule has 17 unspecified atom stereocenters. The van der Waals surface area contributed by atoms with Crippen LogP contribution in [0.15, 0.2) is 115 Å². The molecule has 1 aromatic heterocycles. The average molecular weight is 753 g/mol. The zero-order chi connectivity index (χ0) is 36.6. The summed E-state index contributed by atoms with van der Waals surface area (Å²) in [5, 5.41) is 2.98. The van der Waals surface area contributed by atoms with Crippen LogP contribution in [0.3, 0.4) is 0 Å². The second-order valence-electron chi connectivity index (χ2n) is 20.7. The maximum Gasteiger partial charge on any atom is 0.0390 e. The summed E-state index contributed by atoms with van der Waals surface area (Å²) < 4.78 is 3.07. The third-order valence-corrected chi connectivity index (χ3v) is 20.5. The molecular weight excluding hydrogens is 693 g/mol. The van der Waals surface area contributed by atoms with E-state index in [1.165, 1.54) is 86.1 Å². The molecule has 8 aliphatic rings. The standard InChI is InChI=1S/C55H60S/c1-31-14-10-20-37-38-22-12-25-41-51(38)44(47(31)37)30-45-48(32-15-4-2-5-16-32)53-42-26-11-21-36-34(39-23-13-24-40-35-19-8-9-27-46(35)56-55(39)40)28-29-43(50(36)42)54(53)49(52(41)45)33-17-6-3-7-18-33/h2-9,13-19,23-24,27,34,36-38,41-45,47-54H,10-12,20-22,25-26,28-30H2,1H3. The van der Waals surface area contributed by atoms with Crippen LogP contribution in [0, 0.1) is 82.9 Å². The smallest absolute Gasteiger partial charge is 0.0390 e. The van der Waals surface area contributed by atoms with Gasteiger partial charge in [-0.3, -0.25) is 0 Å². The molecule has 5 aromatic rings. The first-order chi connectivity index (χ1) is 27.7. The summed E-state index contributed by atoms with van der Waals surface area (Å²) in [6.07, 6.45) is 18.7. The Balaban J connectivity index is 0.977. The topological polar surface area (TPSA) is 0 Å². The summed E-state index contributed by atoms with van der Waals surface area (Å²) >= 11 is 2.09. The first kappa shape index (κ1) is 33.8. The van der Waals surface area contributed by atoms with Crippen molar-refractivity contribution in [3.8, 4) is 0 Å². The Morgan fingerprint density at radius 1 is 0.446 bits per heavy atom. The molecule has 8 aliphatic carbocycles. The minimum absolute atomic E-state index is 0.708. The molecule has 4 aromatic carbocycles. The van der Waals surface area contributed by atoms with E-state index in [9.17, 15) is 0 Å². The zero-order valence-corrected chi connectivity index (χ0v) is 34.2. The molecule has 0 aliphatic heterocycles. The largest absolute Gasteiger partial charge is 0.135 e. The van der Waals surface area contributed by atoms with E-state index in [4.69, 9.17) is 0 Å². The van der Waals surface area contributed by atoms with E-state index in [0.717, 1.165) is 94.7 Å². The highest BCUT2D eigenvalue weighted by atomic mass is 32.1. The van der Waals surface area contributed by atoms with Crippen LogP contribution in [0.2, 0.25) is 0 Å². The predicted molar refractivity (Wildman–Crippen MR) is 234 cm³/mol. The highest BCUT2D eigenvalue weighted by molar-refractivity contribution is 7.26. The normalized spacial score (nSPS) is 43.3. The van der Waals surface area contributed by atoms with Crippen LogP contribution >= 0.6 is 11.3 Å². The van der Waals surface area contributed by atoms with E-state index in [-0.39, 0.29) is 0 Å². The lowest BCUT2D eigenvalue weighted by Gasteiger charge is -2.61. The van der Waals surface area contributed by atoms with Gasteiger partial charge in [-0.1, -0.05) is 122 Å². The van der Waals surface area contributed by atoms with Gasteiger partial charge in [-0.25, -0.2) is 0 Å². The van der Waals surface area contributed by atoms with Crippen LogP contribution in [0.25, 0.3) is 20.2 Å². The lowest BCUT2D eigenvalue weighted by molar-refractivity contribution is -0.0842. The lowest BCUT2D eigenvalue weighted by atomic mass is 9.43. The van der Waals surface area contributed by atoms with Crippen LogP contribution in [-0.2, 0) is 0 Å². The van der Waals surface area contributed by atoms with Gasteiger partial charge < -0.3 is 0 Å². The third kappa shape index (κ3) is 4.65. The summed E-state index contributed by atoms with van der Waals surface area (Å²) in [5.74, 6) is 14.5. The van der Waals surface area contributed by atoms with Gasteiger partial charge in [0.1, 0.15) is 0 Å². The van der Waals surface area contributed by atoms with E-state index < -0.39 is 0 Å². The van der Waals surface area contributed by atoms with Crippen molar-refractivity contribution in [3.05, 3.63) is 131 Å². The van der Waals surface area contributed by atoms with Crippen molar-refractivity contribution in [2.45, 2.75) is 95.3 Å². The molecule has 7 saturated carbocycles. The summed E-state index contributed by atoms with van der Waals surface area (Å²) in [4.78, 5) is 0. The summed E-state index contributed by atoms with van der Waals surface area (Å²) in [7, 11) is 0. The quantitative estimate of drug-likeness (QED) is 0.161. The molecule has 0 saturated heterocycles. The van der Waals surface area contributed by atoms with Crippen molar-refractivity contribution in [2.24, 2.45) is 82.9 Å². The molecule has 1 heteroatoms. The number of benzene rings is 4. The Bertz CT molecular complexity index is 2300. The molecule has 0 amide bonds. The first-order valence-corrected chi connectivity index (χ1v) is 24.2. The van der Waals surface area contributed by atoms with Gasteiger partial charge in [0.15, 0.2) is 0 Å². The molecular formula is C55H60S. The van der Waals surface area contributed by atoms with Gasteiger partial charge in [-0.2, -0.15) is 0 Å². The maximum absolute atomic E-state index is 2.69. The number of thiophene rings is 1. The first-order valence-electron chi connectivity index (χ1n) is 23.4. The van der Waals surface area contributed by atoms with Gasteiger partial charge in [0.05, 0.1) is 0 Å². The molecule has 0 bridgehead atoms. The van der Waals surface area contributed by atoms with Crippen molar-refractivity contribution >= 4 is 31.5 Å². The maximum atomic E-state index is 2.69. The highest BCUT2D eigenvalue weighted by Crippen LogP contribution is 2.77. The second kappa shape index (κ2) is 12.9. The molecule has 13 rings (SSSR count). The van der Waals surface area contributed by atoms with E-state index in [1.807, 2.05) is 0 Å². The van der Waals surface area contributed by atoms with Gasteiger partial charge in [-0.05, 0) is 188 Å². The Morgan fingerprint density at radius 3 is 1.89 bits per heavy atom. The minimum atomic E-state index is 0.708. The molecule has 17 atom stereocenters. The summed E-state index contributed by atoms with van der Waals surface area (Å²) in [6.45, 7) is 2.56. The molecule has 56 heavy (non-hydrogen) atoms. The number of rotatable bonds is 3. The Kier molecular flexibility index (Phi) is 7.79. The van der Waals surface area contributed by atoms with E-state index in [2.05, 4.69) is 127 Å². The summed E-state index contributed by atoms with van der Waals surface area (Å²) in [6, 6.07) is 41.4. The minimum Gasteiger partial charge on any atom is -0.135 e. The Hall–Kier alpha value is -3.16. The van der Waals surface area contributed by atoms with Crippen LogP contribution in [0.1, 0.15) is 112 Å². The Labute approximate surface area is 339 Å². The van der Waals surface area contributed by atoms with Gasteiger partial charge in [-0.15, -0.1) is 11.3 Å². The molecule has 1 heterocycles. The second-order valence-corrected chi connectivity index (χ2v) is 21.8. The van der Waals surface area contributed by atoms with Crippen LogP contribution in [0.5, 0.6) is 0 Å². The monoisotopic (exact) mass is 752 g/mol. The van der Waals surface area contributed by atoms with Gasteiger partial charge in [0, 0.05) is 20.2 Å². The number of fused-ring (bicyclic) bond motifs is 11. The predicted octanol–water partition coefficient (Wildman–Crippen LogP) is 14.7. The van der Waals surface area contributed by atoms with Crippen LogP contribution < -0.4 is 0 Å². The number of hydrogen-bond donors (Lipinski definition) is 0. The Morgan fingerprint density at radius 2 is 1.07 bits per heavy atom. The van der Waals surface area contributed by atoms with E-state index in [1.54, 1.807) is 27.0 Å². The van der Waals surface area contributed by atoms with Crippen molar-refractivity contribution < 1.29 is 0 Å². The fraction of sp³-hybridized carbons (Fsp3) is 0.527. The van der Waals surface area contributed by atoms with Crippen molar-refractivity contribution in [1.82, 2.24) is 0 Å². The molecule has 0 N–H and O–H groups in total. The van der Waals surface area contributed by atoms with Gasteiger partial charge in [0.2, 0.25) is 0 Å².